The number of hydrogen-bond acceptors (Lipinski definition) is 5. The lowest BCUT2D eigenvalue weighted by molar-refractivity contribution is 0.383. The summed E-state index contributed by atoms with van der Waals surface area (Å²) in [6.07, 6.45) is 1.59. The number of hydrogen-bond donors (Lipinski definition) is 0. The van der Waals surface area contributed by atoms with Crippen molar-refractivity contribution in [2.24, 2.45) is 0 Å². The predicted octanol–water partition coefficient (Wildman–Crippen LogP) is 4.68. The molecule has 0 bridgehead atoms. The number of anilines is 1. The van der Waals surface area contributed by atoms with Crippen molar-refractivity contribution in [3.63, 3.8) is 0 Å². The zero-order chi connectivity index (χ0) is 25.3. The van der Waals surface area contributed by atoms with Crippen molar-refractivity contribution in [2.75, 3.05) is 31.1 Å². The minimum Gasteiger partial charge on any atom is -0.354 e. The van der Waals surface area contributed by atoms with Crippen molar-refractivity contribution < 1.29 is 8.42 Å². The number of nitrogens with zero attached hydrogens (tertiary/aromatic N) is 4. The summed E-state index contributed by atoms with van der Waals surface area (Å²) in [4.78, 5) is 12.3. The monoisotopic (exact) mass is 492 g/mol. The molecule has 0 atom stereocenters. The Bertz CT molecular complexity index is 1300. The molecule has 186 valence electrons. The molecule has 1 fully saturated rings. The van der Waals surface area contributed by atoms with Crippen LogP contribution in [0.2, 0.25) is 0 Å². The van der Waals surface area contributed by atoms with E-state index in [0.717, 1.165) is 52.4 Å². The highest BCUT2D eigenvalue weighted by Gasteiger charge is 2.32. The van der Waals surface area contributed by atoms with Crippen LogP contribution in [0.25, 0.3) is 0 Å². The van der Waals surface area contributed by atoms with Crippen molar-refractivity contribution in [1.29, 1.82) is 0 Å². The van der Waals surface area contributed by atoms with Gasteiger partial charge in [-0.15, -0.1) is 0 Å². The molecule has 0 N–H and O–H groups in total. The molecule has 2 aromatic carbocycles. The third kappa shape index (κ3) is 5.26. The summed E-state index contributed by atoms with van der Waals surface area (Å²) < 4.78 is 28.7. The van der Waals surface area contributed by atoms with Crippen molar-refractivity contribution in [3.05, 3.63) is 81.3 Å². The number of rotatable bonds is 6. The van der Waals surface area contributed by atoms with Crippen molar-refractivity contribution in [3.8, 4) is 0 Å². The molecule has 2 heterocycles. The van der Waals surface area contributed by atoms with Gasteiger partial charge in [0.25, 0.3) is 0 Å². The lowest BCUT2D eigenvalue weighted by Gasteiger charge is -2.36. The lowest BCUT2D eigenvalue weighted by atomic mass is 10.0. The molecule has 3 aromatic rings. The van der Waals surface area contributed by atoms with E-state index in [4.69, 9.17) is 9.97 Å². The molecule has 1 aliphatic rings. The first-order valence-corrected chi connectivity index (χ1v) is 13.8. The van der Waals surface area contributed by atoms with Crippen LogP contribution in [0, 0.1) is 34.6 Å². The van der Waals surface area contributed by atoms with E-state index in [-0.39, 0.29) is 0 Å². The minimum atomic E-state index is -3.56. The van der Waals surface area contributed by atoms with Gasteiger partial charge >= 0.3 is 0 Å². The minimum absolute atomic E-state index is 0.434. The second kappa shape index (κ2) is 10.1. The van der Waals surface area contributed by atoms with Crippen molar-refractivity contribution in [1.82, 2.24) is 14.3 Å². The molecule has 0 saturated carbocycles. The van der Waals surface area contributed by atoms with E-state index >= 15 is 0 Å². The molecular weight excluding hydrogens is 456 g/mol. The summed E-state index contributed by atoms with van der Waals surface area (Å²) in [7, 11) is -3.56. The average molecular weight is 493 g/mol. The van der Waals surface area contributed by atoms with Gasteiger partial charge in [-0.3, -0.25) is 0 Å². The van der Waals surface area contributed by atoms with Crippen LogP contribution < -0.4 is 4.90 Å². The molecule has 35 heavy (non-hydrogen) atoms. The zero-order valence-electron chi connectivity index (χ0n) is 21.7. The maximum absolute atomic E-state index is 13.6. The van der Waals surface area contributed by atoms with Crippen LogP contribution >= 0.6 is 0 Å². The SMILES string of the molecule is CCc1nc(C)nc(N2CCN(S(=O)(=O)c3c(C)cc(C)cc3C)CC2)c1Cc1ccc(C)cc1. The molecule has 7 heteroatoms. The summed E-state index contributed by atoms with van der Waals surface area (Å²) in [5.74, 6) is 1.69. The molecule has 1 aliphatic heterocycles. The first kappa shape index (κ1) is 25.3. The molecule has 0 radical (unpaired) electrons. The molecule has 0 spiro atoms. The molecule has 4 rings (SSSR count). The number of benzene rings is 2. The van der Waals surface area contributed by atoms with Crippen LogP contribution in [0.3, 0.4) is 0 Å². The maximum Gasteiger partial charge on any atom is 0.243 e. The van der Waals surface area contributed by atoms with Crippen LogP contribution in [0.1, 0.15) is 51.8 Å². The highest BCUT2D eigenvalue weighted by atomic mass is 32.2. The summed E-state index contributed by atoms with van der Waals surface area (Å²) >= 11 is 0. The van der Waals surface area contributed by atoms with E-state index in [9.17, 15) is 8.42 Å². The lowest BCUT2D eigenvalue weighted by Crippen LogP contribution is -2.49. The Balaban J connectivity index is 1.61. The first-order valence-electron chi connectivity index (χ1n) is 12.3. The normalized spacial score (nSPS) is 15.0. The highest BCUT2D eigenvalue weighted by Crippen LogP contribution is 2.29. The largest absolute Gasteiger partial charge is 0.354 e. The Kier molecular flexibility index (Phi) is 7.29. The van der Waals surface area contributed by atoms with Crippen LogP contribution in [0.4, 0.5) is 5.82 Å². The van der Waals surface area contributed by atoms with Gasteiger partial charge in [0.15, 0.2) is 0 Å². The first-order chi connectivity index (χ1) is 16.6. The Morgan fingerprint density at radius 1 is 0.829 bits per heavy atom. The van der Waals surface area contributed by atoms with Gasteiger partial charge in [0, 0.05) is 43.9 Å². The Labute approximate surface area is 210 Å². The number of aryl methyl sites for hydroxylation is 6. The standard InChI is InChI=1S/C28H36N4O2S/c1-7-26-25(18-24-10-8-19(2)9-11-24)28(30-23(6)29-26)31-12-14-32(15-13-31)35(33,34)27-21(4)16-20(3)17-22(27)5/h8-11,16-17H,7,12-15,18H2,1-6H3. The van der Waals surface area contributed by atoms with Gasteiger partial charge in [-0.1, -0.05) is 54.4 Å². The molecule has 0 aliphatic carbocycles. The number of piperazine rings is 1. The van der Waals surface area contributed by atoms with E-state index in [1.165, 1.54) is 11.1 Å². The van der Waals surface area contributed by atoms with Gasteiger partial charge < -0.3 is 4.90 Å². The fourth-order valence-corrected chi connectivity index (χ4v) is 6.96. The molecule has 6 nitrogen and oxygen atoms in total. The molecular formula is C28H36N4O2S. The molecule has 1 saturated heterocycles. The fourth-order valence-electron chi connectivity index (χ4n) is 5.13. The van der Waals surface area contributed by atoms with E-state index in [1.807, 2.05) is 39.8 Å². The number of aromatic nitrogens is 2. The van der Waals surface area contributed by atoms with E-state index in [0.29, 0.717) is 31.1 Å². The smallest absolute Gasteiger partial charge is 0.243 e. The maximum atomic E-state index is 13.6. The fraction of sp³-hybridized carbons (Fsp3) is 0.429. The Hall–Kier alpha value is -2.77. The van der Waals surface area contributed by atoms with Gasteiger partial charge in [-0.25, -0.2) is 18.4 Å². The van der Waals surface area contributed by atoms with Crippen LogP contribution in [-0.4, -0.2) is 48.9 Å². The molecule has 0 unspecified atom stereocenters. The summed E-state index contributed by atoms with van der Waals surface area (Å²) in [6.45, 7) is 14.0. The Morgan fingerprint density at radius 2 is 1.43 bits per heavy atom. The van der Waals surface area contributed by atoms with Crippen molar-refractivity contribution >= 4 is 15.8 Å². The van der Waals surface area contributed by atoms with Gasteiger partial charge in [-0.05, 0) is 57.7 Å². The second-order valence-electron chi connectivity index (χ2n) is 9.65. The molecule has 1 aromatic heterocycles. The summed E-state index contributed by atoms with van der Waals surface area (Å²) in [5.41, 5.74) is 7.37. The number of sulfonamides is 1. The predicted molar refractivity (Wildman–Crippen MR) is 142 cm³/mol. The third-order valence-corrected chi connectivity index (χ3v) is 8.96. The van der Waals surface area contributed by atoms with Crippen LogP contribution in [-0.2, 0) is 22.9 Å². The van der Waals surface area contributed by atoms with Crippen molar-refractivity contribution in [2.45, 2.75) is 59.3 Å². The van der Waals surface area contributed by atoms with Crippen LogP contribution in [0.15, 0.2) is 41.3 Å². The van der Waals surface area contributed by atoms with E-state index < -0.39 is 10.0 Å². The summed E-state index contributed by atoms with van der Waals surface area (Å²) in [5, 5.41) is 0. The molecule has 0 amide bonds. The van der Waals surface area contributed by atoms with Gasteiger partial charge in [-0.2, -0.15) is 4.31 Å². The quantitative estimate of drug-likeness (QED) is 0.500. The zero-order valence-corrected chi connectivity index (χ0v) is 22.5. The van der Waals surface area contributed by atoms with Gasteiger partial charge in [0.05, 0.1) is 4.90 Å². The van der Waals surface area contributed by atoms with E-state index in [2.05, 4.69) is 43.0 Å². The summed E-state index contributed by atoms with van der Waals surface area (Å²) in [6, 6.07) is 12.5. The second-order valence-corrected chi connectivity index (χ2v) is 11.5. The third-order valence-electron chi connectivity index (χ3n) is 6.76. The van der Waals surface area contributed by atoms with E-state index in [1.54, 1.807) is 4.31 Å². The topological polar surface area (TPSA) is 66.4 Å². The van der Waals surface area contributed by atoms with Crippen LogP contribution in [0.5, 0.6) is 0 Å². The van der Waals surface area contributed by atoms with Gasteiger partial charge in [0.2, 0.25) is 10.0 Å². The highest BCUT2D eigenvalue weighted by molar-refractivity contribution is 7.89. The van der Waals surface area contributed by atoms with Gasteiger partial charge in [0.1, 0.15) is 11.6 Å². The Morgan fingerprint density at radius 3 is 2.00 bits per heavy atom. The average Bonchev–Trinajstić information content (AvgIpc) is 2.80.